The number of hydrogen-bond donors (Lipinski definition) is 0. The Morgan fingerprint density at radius 2 is 1.66 bits per heavy atom. The van der Waals surface area contributed by atoms with E-state index in [2.05, 4.69) is 26.0 Å². The van der Waals surface area contributed by atoms with Gasteiger partial charge in [-0.3, -0.25) is 9.59 Å². The maximum Gasteiger partial charge on any atom is 0.291 e. The number of nitrogens with zero attached hydrogens (tertiary/aromatic N) is 1. The minimum atomic E-state index is -0.526. The lowest BCUT2D eigenvalue weighted by Gasteiger charge is -2.25. The van der Waals surface area contributed by atoms with E-state index in [1.54, 1.807) is 12.0 Å². The van der Waals surface area contributed by atoms with Crippen LogP contribution in [0.3, 0.4) is 0 Å². The number of benzene rings is 3. The summed E-state index contributed by atoms with van der Waals surface area (Å²) in [7, 11) is 1.62. The van der Waals surface area contributed by atoms with E-state index in [4.69, 9.17) is 9.15 Å². The van der Waals surface area contributed by atoms with Crippen LogP contribution in [-0.4, -0.2) is 17.9 Å². The van der Waals surface area contributed by atoms with Gasteiger partial charge in [-0.05, 0) is 65.8 Å². The van der Waals surface area contributed by atoms with Crippen LogP contribution in [0.2, 0.25) is 0 Å². The molecule has 0 fully saturated rings. The topological polar surface area (TPSA) is 59.8 Å². The highest BCUT2D eigenvalue weighted by Crippen LogP contribution is 2.40. The van der Waals surface area contributed by atoms with Crippen LogP contribution < -0.4 is 10.2 Å². The molecule has 5 nitrogen and oxygen atoms in total. The maximum atomic E-state index is 13.9. The first-order valence-electron chi connectivity index (χ1n) is 11.9. The van der Waals surface area contributed by atoms with E-state index in [-0.39, 0.29) is 17.1 Å². The van der Waals surface area contributed by atoms with Crippen LogP contribution in [0.25, 0.3) is 11.0 Å². The van der Waals surface area contributed by atoms with Crippen molar-refractivity contribution >= 4 is 16.9 Å². The molecule has 178 valence electrons. The molecule has 3 aromatic carbocycles. The Bertz CT molecular complexity index is 1480. The average Bonchev–Trinajstić information content (AvgIpc) is 3.12. The number of aryl methyl sites for hydroxylation is 2. The molecule has 0 saturated heterocycles. The van der Waals surface area contributed by atoms with E-state index >= 15 is 0 Å². The van der Waals surface area contributed by atoms with E-state index in [0.717, 1.165) is 28.0 Å². The summed E-state index contributed by atoms with van der Waals surface area (Å²) >= 11 is 0. The SMILES string of the molecule is COc1ccc(CN2C(=O)c3oc4c(C)cc(C)cc4c(=O)c3C2c2ccc(C(C)C)cc2)cc1. The van der Waals surface area contributed by atoms with Gasteiger partial charge in [-0.15, -0.1) is 0 Å². The van der Waals surface area contributed by atoms with Gasteiger partial charge in [0.25, 0.3) is 5.91 Å². The molecule has 2 heterocycles. The first-order valence-corrected chi connectivity index (χ1v) is 11.9. The van der Waals surface area contributed by atoms with Crippen LogP contribution >= 0.6 is 0 Å². The second kappa shape index (κ2) is 8.73. The standard InChI is InChI=1S/C30H29NO4/c1-17(2)21-8-10-22(11-9-21)26-25-27(32)24-15-18(3)14-19(4)28(24)35-29(25)30(33)31(26)16-20-6-12-23(34-5)13-7-20/h6-15,17,26H,16H2,1-5H3. The number of amides is 1. The normalized spacial score (nSPS) is 15.2. The highest BCUT2D eigenvalue weighted by atomic mass is 16.5. The van der Waals surface area contributed by atoms with Crippen LogP contribution in [0, 0.1) is 13.8 Å². The molecule has 5 heteroatoms. The molecule has 1 aliphatic rings. The zero-order valence-corrected chi connectivity index (χ0v) is 20.7. The van der Waals surface area contributed by atoms with Crippen molar-refractivity contribution in [1.29, 1.82) is 0 Å². The lowest BCUT2D eigenvalue weighted by Crippen LogP contribution is -2.29. The van der Waals surface area contributed by atoms with Crippen molar-refractivity contribution in [1.82, 2.24) is 4.90 Å². The minimum Gasteiger partial charge on any atom is -0.497 e. The fourth-order valence-corrected chi connectivity index (χ4v) is 4.98. The number of carbonyl (C=O) groups is 1. The monoisotopic (exact) mass is 467 g/mol. The average molecular weight is 468 g/mol. The third-order valence-corrected chi connectivity index (χ3v) is 6.83. The predicted molar refractivity (Wildman–Crippen MR) is 137 cm³/mol. The van der Waals surface area contributed by atoms with E-state index < -0.39 is 6.04 Å². The molecule has 1 aliphatic heterocycles. The lowest BCUT2D eigenvalue weighted by molar-refractivity contribution is 0.0714. The third kappa shape index (κ3) is 3.91. The van der Waals surface area contributed by atoms with Crippen LogP contribution in [0.1, 0.15) is 69.7 Å². The van der Waals surface area contributed by atoms with Crippen LogP contribution in [0.15, 0.2) is 69.9 Å². The van der Waals surface area contributed by atoms with Crippen molar-refractivity contribution in [2.75, 3.05) is 7.11 Å². The summed E-state index contributed by atoms with van der Waals surface area (Å²) in [5, 5.41) is 0.518. The van der Waals surface area contributed by atoms with Gasteiger partial charge in [0.05, 0.1) is 24.1 Å². The van der Waals surface area contributed by atoms with Crippen molar-refractivity contribution in [2.45, 2.75) is 46.2 Å². The maximum absolute atomic E-state index is 13.9. The lowest BCUT2D eigenvalue weighted by atomic mass is 9.94. The molecule has 0 radical (unpaired) electrons. The van der Waals surface area contributed by atoms with Crippen molar-refractivity contribution in [3.63, 3.8) is 0 Å². The molecule has 35 heavy (non-hydrogen) atoms. The molecule has 0 bridgehead atoms. The highest BCUT2D eigenvalue weighted by Gasteiger charge is 2.42. The predicted octanol–water partition coefficient (Wildman–Crippen LogP) is 6.29. The van der Waals surface area contributed by atoms with Gasteiger partial charge in [0.2, 0.25) is 5.76 Å². The fraction of sp³-hybridized carbons (Fsp3) is 0.267. The highest BCUT2D eigenvalue weighted by molar-refractivity contribution is 5.99. The van der Waals surface area contributed by atoms with Gasteiger partial charge in [-0.2, -0.15) is 0 Å². The van der Waals surface area contributed by atoms with Crippen LogP contribution in [0.4, 0.5) is 0 Å². The molecule has 0 spiro atoms. The zero-order valence-electron chi connectivity index (χ0n) is 20.7. The Hall–Kier alpha value is -3.86. The van der Waals surface area contributed by atoms with E-state index in [9.17, 15) is 9.59 Å². The molecule has 0 saturated carbocycles. The summed E-state index contributed by atoms with van der Waals surface area (Å²) in [5.74, 6) is 1.00. The van der Waals surface area contributed by atoms with Crippen LogP contribution in [0.5, 0.6) is 5.75 Å². The summed E-state index contributed by atoms with van der Waals surface area (Å²) in [6.07, 6.45) is 0. The number of fused-ring (bicyclic) bond motifs is 2. The Kier molecular flexibility index (Phi) is 5.72. The first kappa shape index (κ1) is 22.9. The van der Waals surface area contributed by atoms with Crippen LogP contribution in [-0.2, 0) is 6.54 Å². The second-order valence-electron chi connectivity index (χ2n) is 9.64. The molecule has 1 atom stereocenters. The zero-order chi connectivity index (χ0) is 24.9. The molecule has 1 unspecified atom stereocenters. The van der Waals surface area contributed by atoms with Gasteiger partial charge in [-0.25, -0.2) is 0 Å². The summed E-state index contributed by atoms with van der Waals surface area (Å²) in [6, 6.07) is 19.1. The summed E-state index contributed by atoms with van der Waals surface area (Å²) in [4.78, 5) is 29.3. The third-order valence-electron chi connectivity index (χ3n) is 6.83. The molecule has 0 aliphatic carbocycles. The van der Waals surface area contributed by atoms with Gasteiger partial charge < -0.3 is 14.1 Å². The largest absolute Gasteiger partial charge is 0.497 e. The smallest absolute Gasteiger partial charge is 0.291 e. The fourth-order valence-electron chi connectivity index (χ4n) is 4.98. The Morgan fingerprint density at radius 3 is 2.29 bits per heavy atom. The van der Waals surface area contributed by atoms with Gasteiger partial charge in [0.15, 0.2) is 5.43 Å². The summed E-state index contributed by atoms with van der Waals surface area (Å²) < 4.78 is 11.5. The first-order chi connectivity index (χ1) is 16.8. The molecule has 0 N–H and O–H groups in total. The van der Waals surface area contributed by atoms with Crippen molar-refractivity contribution < 1.29 is 13.9 Å². The van der Waals surface area contributed by atoms with Gasteiger partial charge >= 0.3 is 0 Å². The summed E-state index contributed by atoms with van der Waals surface area (Å²) in [6.45, 7) is 8.50. The minimum absolute atomic E-state index is 0.140. The molecule has 1 aromatic heterocycles. The number of hydrogen-bond acceptors (Lipinski definition) is 4. The quantitative estimate of drug-likeness (QED) is 0.346. The second-order valence-corrected chi connectivity index (χ2v) is 9.64. The van der Waals surface area contributed by atoms with E-state index in [1.165, 1.54) is 5.56 Å². The summed E-state index contributed by atoms with van der Waals surface area (Å²) in [5.41, 5.74) is 5.63. The number of ether oxygens (including phenoxy) is 1. The molecule has 4 aromatic rings. The molecular formula is C30H29NO4. The number of carbonyl (C=O) groups excluding carboxylic acids is 1. The number of methoxy groups -OCH3 is 1. The van der Waals surface area contributed by atoms with Crippen molar-refractivity contribution in [2.24, 2.45) is 0 Å². The van der Waals surface area contributed by atoms with E-state index in [1.807, 2.05) is 62.4 Å². The Balaban J connectivity index is 1.69. The number of rotatable bonds is 5. The van der Waals surface area contributed by atoms with Crippen molar-refractivity contribution in [3.8, 4) is 5.75 Å². The molecule has 5 rings (SSSR count). The van der Waals surface area contributed by atoms with Gasteiger partial charge in [0, 0.05) is 6.54 Å². The van der Waals surface area contributed by atoms with E-state index in [0.29, 0.717) is 29.0 Å². The van der Waals surface area contributed by atoms with Gasteiger partial charge in [-0.1, -0.05) is 56.3 Å². The Morgan fingerprint density at radius 1 is 0.971 bits per heavy atom. The van der Waals surface area contributed by atoms with Crippen molar-refractivity contribution in [3.05, 3.63) is 110 Å². The molecular weight excluding hydrogens is 438 g/mol. The molecule has 1 amide bonds. The van der Waals surface area contributed by atoms with Gasteiger partial charge in [0.1, 0.15) is 11.3 Å². The Labute approximate surface area is 205 Å².